The maximum absolute atomic E-state index is 5.81. The molecule has 16 heavy (non-hydrogen) atoms. The molecule has 3 atom stereocenters. The van der Waals surface area contributed by atoms with E-state index < -0.39 is 0 Å². The minimum atomic E-state index is 0.396. The summed E-state index contributed by atoms with van der Waals surface area (Å²) in [4.78, 5) is 0. The Labute approximate surface area is 107 Å². The molecule has 2 nitrogen and oxygen atoms in total. The summed E-state index contributed by atoms with van der Waals surface area (Å²) in [6.07, 6.45) is 4.62. The molecule has 92 valence electrons. The zero-order valence-electron chi connectivity index (χ0n) is 10.1. The first kappa shape index (κ1) is 12.7. The van der Waals surface area contributed by atoms with Crippen molar-refractivity contribution in [2.45, 2.75) is 36.3 Å². The van der Waals surface area contributed by atoms with Crippen molar-refractivity contribution in [1.29, 1.82) is 0 Å². The largest absolute Gasteiger partial charge is 0.497 e. The van der Waals surface area contributed by atoms with Crippen LogP contribution < -0.4 is 5.32 Å². The minimum Gasteiger partial charge on any atom is -0.497 e. The summed E-state index contributed by atoms with van der Waals surface area (Å²) in [5.74, 6) is 3.74. The summed E-state index contributed by atoms with van der Waals surface area (Å²) in [6, 6.07) is 0.396. The fraction of sp³-hybridized carbons (Fsp3) is 0.833. The first-order valence-corrected chi connectivity index (χ1v) is 8.16. The van der Waals surface area contributed by atoms with E-state index in [1.807, 2.05) is 0 Å². The molecule has 0 aromatic rings. The van der Waals surface area contributed by atoms with E-state index in [1.54, 1.807) is 0 Å². The molecule has 3 unspecified atom stereocenters. The monoisotopic (exact) mass is 259 g/mol. The van der Waals surface area contributed by atoms with E-state index in [9.17, 15) is 0 Å². The molecule has 0 radical (unpaired) electrons. The van der Waals surface area contributed by atoms with Gasteiger partial charge in [-0.25, -0.2) is 0 Å². The van der Waals surface area contributed by atoms with Gasteiger partial charge in [0.05, 0.1) is 12.6 Å². The van der Waals surface area contributed by atoms with Crippen LogP contribution in [0.15, 0.2) is 11.8 Å². The summed E-state index contributed by atoms with van der Waals surface area (Å²) in [5, 5.41) is 4.80. The number of rotatable bonds is 3. The van der Waals surface area contributed by atoms with Crippen LogP contribution in [0.4, 0.5) is 0 Å². The van der Waals surface area contributed by atoms with Gasteiger partial charge in [-0.1, -0.05) is 6.92 Å². The summed E-state index contributed by atoms with van der Waals surface area (Å²) < 4.78 is 5.81. The molecular weight excluding hydrogens is 238 g/mol. The predicted octanol–water partition coefficient (Wildman–Crippen LogP) is 2.51. The second-order valence-corrected chi connectivity index (χ2v) is 7.05. The van der Waals surface area contributed by atoms with Gasteiger partial charge in [-0.05, 0) is 26.0 Å². The number of hydrogen-bond acceptors (Lipinski definition) is 4. The standard InChI is InChI=1S/C12H21NOS2/c1-9-12(16-8-7-15-9)11(13-2)10-5-3-4-6-14-10/h5,9,11-13H,3-4,6-8H2,1-2H3. The lowest BCUT2D eigenvalue weighted by Crippen LogP contribution is -2.45. The van der Waals surface area contributed by atoms with Crippen molar-refractivity contribution in [2.24, 2.45) is 0 Å². The van der Waals surface area contributed by atoms with Gasteiger partial charge in [0.2, 0.25) is 0 Å². The summed E-state index contributed by atoms with van der Waals surface area (Å²) in [6.45, 7) is 3.23. The maximum Gasteiger partial charge on any atom is 0.110 e. The second-order valence-electron chi connectivity index (χ2n) is 4.27. The summed E-state index contributed by atoms with van der Waals surface area (Å²) in [7, 11) is 2.05. The van der Waals surface area contributed by atoms with Crippen molar-refractivity contribution in [3.63, 3.8) is 0 Å². The van der Waals surface area contributed by atoms with Crippen molar-refractivity contribution in [3.8, 4) is 0 Å². The average Bonchev–Trinajstić information content (AvgIpc) is 2.34. The van der Waals surface area contributed by atoms with Gasteiger partial charge >= 0.3 is 0 Å². The lowest BCUT2D eigenvalue weighted by atomic mass is 10.1. The first-order valence-electron chi connectivity index (χ1n) is 6.06. The Morgan fingerprint density at radius 3 is 2.88 bits per heavy atom. The van der Waals surface area contributed by atoms with Gasteiger partial charge in [0, 0.05) is 22.0 Å². The highest BCUT2D eigenvalue weighted by atomic mass is 32.2. The molecule has 0 aromatic heterocycles. The third kappa shape index (κ3) is 2.90. The lowest BCUT2D eigenvalue weighted by molar-refractivity contribution is 0.168. The van der Waals surface area contributed by atoms with Crippen LogP contribution in [-0.4, -0.2) is 41.7 Å². The first-order chi connectivity index (χ1) is 7.83. The fourth-order valence-electron chi connectivity index (χ4n) is 2.28. The van der Waals surface area contributed by atoms with Crippen molar-refractivity contribution in [3.05, 3.63) is 11.8 Å². The quantitative estimate of drug-likeness (QED) is 0.840. The third-order valence-corrected chi connectivity index (χ3v) is 6.34. The number of hydrogen-bond donors (Lipinski definition) is 1. The highest BCUT2D eigenvalue weighted by Crippen LogP contribution is 2.35. The molecule has 2 aliphatic heterocycles. The zero-order chi connectivity index (χ0) is 11.4. The van der Waals surface area contributed by atoms with Gasteiger partial charge in [0.1, 0.15) is 5.76 Å². The molecule has 0 aliphatic carbocycles. The molecule has 2 aliphatic rings. The summed E-state index contributed by atoms with van der Waals surface area (Å²) in [5.41, 5.74) is 0. The Balaban J connectivity index is 2.05. The van der Waals surface area contributed by atoms with Crippen molar-refractivity contribution in [1.82, 2.24) is 5.32 Å². The van der Waals surface area contributed by atoms with Crippen LogP contribution in [0.1, 0.15) is 19.8 Å². The molecule has 0 spiro atoms. The topological polar surface area (TPSA) is 21.3 Å². The Hall–Kier alpha value is 0.200. The lowest BCUT2D eigenvalue weighted by Gasteiger charge is -2.36. The van der Waals surface area contributed by atoms with Gasteiger partial charge < -0.3 is 10.1 Å². The normalized spacial score (nSPS) is 32.8. The second kappa shape index (κ2) is 6.22. The van der Waals surface area contributed by atoms with E-state index in [0.29, 0.717) is 16.5 Å². The van der Waals surface area contributed by atoms with Crippen LogP contribution >= 0.6 is 23.5 Å². The molecule has 1 saturated heterocycles. The van der Waals surface area contributed by atoms with Crippen molar-refractivity contribution in [2.75, 3.05) is 25.2 Å². The molecule has 1 fully saturated rings. The van der Waals surface area contributed by atoms with Crippen molar-refractivity contribution >= 4 is 23.5 Å². The van der Waals surface area contributed by atoms with E-state index in [-0.39, 0.29) is 0 Å². The number of likely N-dealkylation sites (N-methyl/N-ethyl adjacent to an activating group) is 1. The Bertz CT molecular complexity index is 257. The number of allylic oxidation sites excluding steroid dienone is 1. The van der Waals surface area contributed by atoms with Crippen LogP contribution in [-0.2, 0) is 4.74 Å². The van der Waals surface area contributed by atoms with Gasteiger partial charge in [0.25, 0.3) is 0 Å². The van der Waals surface area contributed by atoms with Crippen LogP contribution in [0, 0.1) is 0 Å². The Morgan fingerprint density at radius 1 is 1.44 bits per heavy atom. The van der Waals surface area contributed by atoms with E-state index in [1.165, 1.54) is 30.1 Å². The van der Waals surface area contributed by atoms with Gasteiger partial charge in [0.15, 0.2) is 0 Å². The third-order valence-electron chi connectivity index (χ3n) is 3.15. The average molecular weight is 259 g/mol. The molecular formula is C12H21NOS2. The molecule has 0 saturated carbocycles. The van der Waals surface area contributed by atoms with Crippen molar-refractivity contribution < 1.29 is 4.74 Å². The fourth-order valence-corrected chi connectivity index (χ4v) is 5.24. The predicted molar refractivity (Wildman–Crippen MR) is 74.3 cm³/mol. The maximum atomic E-state index is 5.81. The van der Waals surface area contributed by atoms with E-state index in [2.05, 4.69) is 48.9 Å². The van der Waals surface area contributed by atoms with E-state index in [4.69, 9.17) is 4.74 Å². The molecule has 2 rings (SSSR count). The minimum absolute atomic E-state index is 0.396. The highest BCUT2D eigenvalue weighted by molar-refractivity contribution is 8.07. The van der Waals surface area contributed by atoms with E-state index in [0.717, 1.165) is 6.61 Å². The van der Waals surface area contributed by atoms with Gasteiger partial charge in [-0.3, -0.25) is 0 Å². The van der Waals surface area contributed by atoms with Crippen LogP contribution in [0.25, 0.3) is 0 Å². The molecule has 1 N–H and O–H groups in total. The van der Waals surface area contributed by atoms with Gasteiger partial charge in [-0.2, -0.15) is 23.5 Å². The molecule has 2 heterocycles. The number of thioether (sulfide) groups is 2. The van der Waals surface area contributed by atoms with Crippen LogP contribution in [0.5, 0.6) is 0 Å². The number of nitrogens with one attached hydrogen (secondary N) is 1. The Morgan fingerprint density at radius 2 is 2.25 bits per heavy atom. The number of ether oxygens (including phenoxy) is 1. The zero-order valence-corrected chi connectivity index (χ0v) is 11.7. The SMILES string of the molecule is CNC(C1=CCCCO1)C1SCCSC1C. The van der Waals surface area contributed by atoms with Crippen LogP contribution in [0.2, 0.25) is 0 Å². The smallest absolute Gasteiger partial charge is 0.110 e. The molecule has 0 bridgehead atoms. The molecule has 0 amide bonds. The van der Waals surface area contributed by atoms with E-state index >= 15 is 0 Å². The van der Waals surface area contributed by atoms with Gasteiger partial charge in [-0.15, -0.1) is 0 Å². The highest BCUT2D eigenvalue weighted by Gasteiger charge is 2.32. The molecule has 4 heteroatoms. The Kier molecular flexibility index (Phi) is 4.92. The van der Waals surface area contributed by atoms with Crippen LogP contribution in [0.3, 0.4) is 0 Å². The molecule has 0 aromatic carbocycles. The summed E-state index contributed by atoms with van der Waals surface area (Å²) >= 11 is 4.18.